The molecule has 0 radical (unpaired) electrons. The number of benzene rings is 1. The second-order valence-electron chi connectivity index (χ2n) is 4.97. The Morgan fingerprint density at radius 1 is 1.48 bits per heavy atom. The molecule has 1 aromatic rings. The smallest absolute Gasteiger partial charge is 0.308 e. The molecule has 0 saturated carbocycles. The van der Waals surface area contributed by atoms with E-state index in [1.165, 1.54) is 0 Å². The summed E-state index contributed by atoms with van der Waals surface area (Å²) in [6.45, 7) is 1.98. The van der Waals surface area contributed by atoms with Crippen LogP contribution in [0.4, 0.5) is 14.5 Å². The van der Waals surface area contributed by atoms with Gasteiger partial charge in [-0.3, -0.25) is 14.9 Å². The molecule has 6 nitrogen and oxygen atoms in total. The number of nitrogens with one attached hydrogen (secondary N) is 2. The van der Waals surface area contributed by atoms with Crippen LogP contribution in [0.5, 0.6) is 0 Å². The summed E-state index contributed by atoms with van der Waals surface area (Å²) in [6, 6.07) is 1.12. The van der Waals surface area contributed by atoms with Crippen LogP contribution in [0, 0.1) is 27.7 Å². The molecule has 1 aliphatic heterocycles. The summed E-state index contributed by atoms with van der Waals surface area (Å²) in [5.74, 6) is -2.97. The van der Waals surface area contributed by atoms with Crippen LogP contribution in [-0.4, -0.2) is 30.5 Å². The van der Waals surface area contributed by atoms with Crippen LogP contribution in [0.25, 0.3) is 0 Å². The minimum atomic E-state index is -1.32. The van der Waals surface area contributed by atoms with Gasteiger partial charge in [-0.15, -0.1) is 0 Å². The Kier molecular flexibility index (Phi) is 4.79. The molecule has 2 rings (SSSR count). The highest BCUT2D eigenvalue weighted by molar-refractivity contribution is 5.95. The molecule has 0 aliphatic carbocycles. The first kappa shape index (κ1) is 15.3. The predicted octanol–water partition coefficient (Wildman–Crippen LogP) is 1.60. The molecule has 2 N–H and O–H groups in total. The van der Waals surface area contributed by atoms with Gasteiger partial charge in [0.15, 0.2) is 0 Å². The van der Waals surface area contributed by atoms with Crippen molar-refractivity contribution in [2.45, 2.75) is 12.8 Å². The van der Waals surface area contributed by atoms with Gasteiger partial charge in [0.25, 0.3) is 5.91 Å². The molecule has 1 aromatic carbocycles. The Balaban J connectivity index is 2.09. The summed E-state index contributed by atoms with van der Waals surface area (Å²) in [6.07, 6.45) is 1.92. The van der Waals surface area contributed by atoms with Gasteiger partial charge in [0.1, 0.15) is 5.82 Å². The van der Waals surface area contributed by atoms with E-state index in [0.29, 0.717) is 18.7 Å². The van der Waals surface area contributed by atoms with E-state index in [4.69, 9.17) is 0 Å². The first-order valence-electron chi connectivity index (χ1n) is 6.61. The van der Waals surface area contributed by atoms with Crippen LogP contribution in [-0.2, 0) is 0 Å². The second kappa shape index (κ2) is 6.57. The largest absolute Gasteiger partial charge is 0.352 e. The molecule has 1 unspecified atom stereocenters. The minimum absolute atomic E-state index is 0.217. The average Bonchev–Trinajstić information content (AvgIpc) is 2.47. The van der Waals surface area contributed by atoms with Gasteiger partial charge in [-0.1, -0.05) is 0 Å². The highest BCUT2D eigenvalue weighted by atomic mass is 19.1. The minimum Gasteiger partial charge on any atom is -0.352 e. The van der Waals surface area contributed by atoms with E-state index < -0.39 is 33.7 Å². The Bertz CT molecular complexity index is 560. The lowest BCUT2D eigenvalue weighted by Crippen LogP contribution is -2.38. The van der Waals surface area contributed by atoms with Crippen molar-refractivity contribution in [2.24, 2.45) is 5.92 Å². The fraction of sp³-hybridized carbons (Fsp3) is 0.462. The van der Waals surface area contributed by atoms with E-state index in [1.54, 1.807) is 0 Å². The molecule has 1 atom stereocenters. The quantitative estimate of drug-likeness (QED) is 0.653. The topological polar surface area (TPSA) is 84.3 Å². The zero-order valence-electron chi connectivity index (χ0n) is 11.2. The standard InChI is InChI=1S/C13H15F2N3O3/c14-9-4-10(12(15)11(5-9)18(20)21)13(19)17-7-8-2-1-3-16-6-8/h4-5,8,16H,1-3,6-7H2,(H,17,19). The van der Waals surface area contributed by atoms with Crippen molar-refractivity contribution in [2.75, 3.05) is 19.6 Å². The SMILES string of the molecule is O=C(NCC1CCCNC1)c1cc(F)cc([N+](=O)[O-])c1F. The van der Waals surface area contributed by atoms with Crippen LogP contribution in [0.15, 0.2) is 12.1 Å². The average molecular weight is 299 g/mol. The van der Waals surface area contributed by atoms with Gasteiger partial charge in [-0.05, 0) is 37.9 Å². The van der Waals surface area contributed by atoms with Crippen LogP contribution in [0.1, 0.15) is 23.2 Å². The van der Waals surface area contributed by atoms with E-state index in [1.807, 2.05) is 0 Å². The Morgan fingerprint density at radius 2 is 2.24 bits per heavy atom. The molecule has 1 aliphatic rings. The lowest BCUT2D eigenvalue weighted by atomic mass is 9.99. The van der Waals surface area contributed by atoms with E-state index in [-0.39, 0.29) is 5.92 Å². The van der Waals surface area contributed by atoms with Gasteiger partial charge in [-0.2, -0.15) is 4.39 Å². The third kappa shape index (κ3) is 3.72. The molecule has 8 heteroatoms. The zero-order chi connectivity index (χ0) is 15.4. The number of carbonyl (C=O) groups excluding carboxylic acids is 1. The van der Waals surface area contributed by atoms with Crippen LogP contribution >= 0.6 is 0 Å². The fourth-order valence-corrected chi connectivity index (χ4v) is 2.30. The molecule has 1 amide bonds. The summed E-state index contributed by atoms with van der Waals surface area (Å²) in [5.41, 5.74) is -1.69. The summed E-state index contributed by atoms with van der Waals surface area (Å²) in [5, 5.41) is 16.3. The maximum absolute atomic E-state index is 13.8. The maximum atomic E-state index is 13.8. The number of rotatable bonds is 4. The van der Waals surface area contributed by atoms with Crippen molar-refractivity contribution < 1.29 is 18.5 Å². The van der Waals surface area contributed by atoms with Crippen molar-refractivity contribution in [3.05, 3.63) is 39.4 Å². The molecule has 21 heavy (non-hydrogen) atoms. The van der Waals surface area contributed by atoms with Crippen molar-refractivity contribution >= 4 is 11.6 Å². The number of nitro groups is 1. The van der Waals surface area contributed by atoms with Crippen LogP contribution in [0.2, 0.25) is 0 Å². The normalized spacial score (nSPS) is 18.3. The summed E-state index contributed by atoms with van der Waals surface area (Å²) in [4.78, 5) is 21.4. The molecule has 0 aromatic heterocycles. The highest BCUT2D eigenvalue weighted by Gasteiger charge is 2.24. The van der Waals surface area contributed by atoms with Gasteiger partial charge in [0.05, 0.1) is 16.6 Å². The first-order chi connectivity index (χ1) is 9.99. The molecule has 1 fully saturated rings. The molecule has 0 bridgehead atoms. The molecular weight excluding hydrogens is 284 g/mol. The van der Waals surface area contributed by atoms with Gasteiger partial charge >= 0.3 is 5.69 Å². The van der Waals surface area contributed by atoms with Gasteiger partial charge < -0.3 is 10.6 Å². The number of hydrogen-bond donors (Lipinski definition) is 2. The van der Waals surface area contributed by atoms with Crippen molar-refractivity contribution in [3.8, 4) is 0 Å². The number of carbonyl (C=O) groups is 1. The van der Waals surface area contributed by atoms with E-state index in [9.17, 15) is 23.7 Å². The Labute approximate surface area is 119 Å². The van der Waals surface area contributed by atoms with Crippen LogP contribution in [0.3, 0.4) is 0 Å². The second-order valence-corrected chi connectivity index (χ2v) is 4.97. The van der Waals surface area contributed by atoms with Crippen LogP contribution < -0.4 is 10.6 Å². The van der Waals surface area contributed by atoms with E-state index >= 15 is 0 Å². The molecular formula is C13H15F2N3O3. The Hall–Kier alpha value is -2.09. The molecule has 0 spiro atoms. The predicted molar refractivity (Wildman–Crippen MR) is 70.9 cm³/mol. The van der Waals surface area contributed by atoms with Gasteiger partial charge in [0, 0.05) is 6.54 Å². The van der Waals surface area contributed by atoms with Gasteiger partial charge in [-0.25, -0.2) is 4.39 Å². The number of nitrogens with zero attached hydrogens (tertiary/aromatic N) is 1. The number of hydrogen-bond acceptors (Lipinski definition) is 4. The van der Waals surface area contributed by atoms with E-state index in [0.717, 1.165) is 25.9 Å². The fourth-order valence-electron chi connectivity index (χ4n) is 2.30. The molecule has 114 valence electrons. The summed E-state index contributed by atoms with van der Waals surface area (Å²) >= 11 is 0. The number of piperidine rings is 1. The Morgan fingerprint density at radius 3 is 2.86 bits per heavy atom. The summed E-state index contributed by atoms with van der Waals surface area (Å²) < 4.78 is 27.1. The maximum Gasteiger partial charge on any atom is 0.308 e. The number of halogens is 2. The molecule has 1 heterocycles. The lowest BCUT2D eigenvalue weighted by Gasteiger charge is -2.22. The first-order valence-corrected chi connectivity index (χ1v) is 6.61. The summed E-state index contributed by atoms with van der Waals surface area (Å²) in [7, 11) is 0. The third-order valence-corrected chi connectivity index (χ3v) is 3.41. The number of nitro benzene ring substituents is 1. The third-order valence-electron chi connectivity index (χ3n) is 3.41. The van der Waals surface area contributed by atoms with Crippen molar-refractivity contribution in [3.63, 3.8) is 0 Å². The van der Waals surface area contributed by atoms with E-state index in [2.05, 4.69) is 10.6 Å². The molecule has 1 saturated heterocycles. The van der Waals surface area contributed by atoms with Crippen molar-refractivity contribution in [1.82, 2.24) is 10.6 Å². The number of amides is 1. The van der Waals surface area contributed by atoms with Crippen molar-refractivity contribution in [1.29, 1.82) is 0 Å². The monoisotopic (exact) mass is 299 g/mol. The van der Waals surface area contributed by atoms with Gasteiger partial charge in [0.2, 0.25) is 5.82 Å². The lowest BCUT2D eigenvalue weighted by molar-refractivity contribution is -0.387. The highest BCUT2D eigenvalue weighted by Crippen LogP contribution is 2.22. The zero-order valence-corrected chi connectivity index (χ0v) is 11.2.